The fourth-order valence-electron chi connectivity index (χ4n) is 5.54. The molecule has 5 rings (SSSR count). The second-order valence-electron chi connectivity index (χ2n) is 8.55. The Morgan fingerprint density at radius 1 is 1.11 bits per heavy atom. The fourth-order valence-corrected chi connectivity index (χ4v) is 6.30. The highest BCUT2D eigenvalue weighted by Gasteiger charge is 2.39. The zero-order valence-electron chi connectivity index (χ0n) is 16.3. The van der Waals surface area contributed by atoms with Crippen molar-refractivity contribution in [1.29, 1.82) is 0 Å². The van der Waals surface area contributed by atoms with Crippen LogP contribution < -0.4 is 5.56 Å². The van der Waals surface area contributed by atoms with E-state index in [-0.39, 0.29) is 11.5 Å². The van der Waals surface area contributed by atoms with Crippen LogP contribution in [0.25, 0.3) is 10.4 Å². The number of hydrogen-bond acceptors (Lipinski definition) is 4. The Balaban J connectivity index is 1.43. The van der Waals surface area contributed by atoms with Crippen molar-refractivity contribution >= 4 is 17.2 Å². The highest BCUT2D eigenvalue weighted by molar-refractivity contribution is 7.13. The number of thiophene rings is 1. The molecule has 3 aliphatic rings. The van der Waals surface area contributed by atoms with E-state index in [2.05, 4.69) is 27.0 Å². The lowest BCUT2D eigenvalue weighted by Gasteiger charge is -2.48. The molecule has 0 spiro atoms. The quantitative estimate of drug-likeness (QED) is 0.783. The summed E-state index contributed by atoms with van der Waals surface area (Å²) >= 11 is 1.75. The van der Waals surface area contributed by atoms with Gasteiger partial charge in [-0.15, -0.1) is 11.3 Å². The van der Waals surface area contributed by atoms with Crippen LogP contribution in [0.4, 0.5) is 0 Å². The monoisotopic (exact) mass is 397 g/mol. The normalized spacial score (nSPS) is 25.5. The second kappa shape index (κ2) is 7.16. The molecule has 0 aliphatic carbocycles. The number of likely N-dealkylation sites (tertiary alicyclic amines) is 2. The van der Waals surface area contributed by atoms with Gasteiger partial charge >= 0.3 is 0 Å². The van der Waals surface area contributed by atoms with Crippen LogP contribution in [-0.2, 0) is 11.3 Å². The van der Waals surface area contributed by atoms with Crippen molar-refractivity contribution in [3.05, 3.63) is 45.7 Å². The Bertz CT molecular complexity index is 928. The number of pyridine rings is 1. The molecule has 0 saturated carbocycles. The molecule has 5 nitrogen and oxygen atoms in total. The smallest absolute Gasteiger partial charge is 0.250 e. The van der Waals surface area contributed by atoms with Crippen LogP contribution in [0, 0.1) is 5.92 Å². The number of rotatable bonds is 2. The summed E-state index contributed by atoms with van der Waals surface area (Å²) < 4.78 is 2.06. The highest BCUT2D eigenvalue weighted by atomic mass is 32.1. The van der Waals surface area contributed by atoms with Gasteiger partial charge in [-0.25, -0.2) is 0 Å². The Morgan fingerprint density at radius 2 is 1.93 bits per heavy atom. The van der Waals surface area contributed by atoms with Gasteiger partial charge < -0.3 is 9.47 Å². The van der Waals surface area contributed by atoms with Gasteiger partial charge in [-0.1, -0.05) is 6.07 Å². The summed E-state index contributed by atoms with van der Waals surface area (Å²) in [6.07, 6.45) is 3.32. The van der Waals surface area contributed by atoms with Gasteiger partial charge in [-0.3, -0.25) is 14.5 Å². The van der Waals surface area contributed by atoms with Crippen LogP contribution in [0.1, 0.15) is 37.8 Å². The molecule has 2 atom stereocenters. The minimum absolute atomic E-state index is 0.147. The molecule has 0 radical (unpaired) electrons. The van der Waals surface area contributed by atoms with E-state index < -0.39 is 0 Å². The SMILES string of the molecule is CC(=O)N1CCC(N2CC3CC(C2)c2c(-c4cccs4)ccc(=O)n2C3)CC1. The van der Waals surface area contributed by atoms with E-state index in [0.717, 1.165) is 45.6 Å². The first-order valence-corrected chi connectivity index (χ1v) is 11.3. The lowest BCUT2D eigenvalue weighted by molar-refractivity contribution is -0.130. The molecule has 1 amide bonds. The summed E-state index contributed by atoms with van der Waals surface area (Å²) in [5, 5.41) is 2.11. The van der Waals surface area contributed by atoms with Crippen molar-refractivity contribution in [3.8, 4) is 10.4 Å². The Hall–Kier alpha value is -1.92. The van der Waals surface area contributed by atoms with Crippen molar-refractivity contribution in [2.24, 2.45) is 5.92 Å². The van der Waals surface area contributed by atoms with Crippen LogP contribution in [0.3, 0.4) is 0 Å². The number of amides is 1. The topological polar surface area (TPSA) is 45.6 Å². The van der Waals surface area contributed by atoms with E-state index in [9.17, 15) is 9.59 Å². The van der Waals surface area contributed by atoms with Crippen LogP contribution >= 0.6 is 11.3 Å². The van der Waals surface area contributed by atoms with E-state index in [0.29, 0.717) is 17.9 Å². The summed E-state index contributed by atoms with van der Waals surface area (Å²) in [5.41, 5.74) is 2.64. The average molecular weight is 398 g/mol. The van der Waals surface area contributed by atoms with E-state index in [1.807, 2.05) is 11.0 Å². The molecule has 2 aromatic heterocycles. The fraction of sp³-hybridized carbons (Fsp3) is 0.545. The summed E-state index contributed by atoms with van der Waals surface area (Å²) in [5.74, 6) is 1.17. The van der Waals surface area contributed by atoms with Gasteiger partial charge in [0.1, 0.15) is 0 Å². The lowest BCUT2D eigenvalue weighted by Crippen LogP contribution is -2.53. The van der Waals surface area contributed by atoms with Crippen molar-refractivity contribution in [1.82, 2.24) is 14.4 Å². The maximum atomic E-state index is 12.6. The molecule has 5 heterocycles. The first-order chi connectivity index (χ1) is 13.6. The molecule has 2 aromatic rings. The van der Waals surface area contributed by atoms with Gasteiger partial charge in [-0.05, 0) is 42.7 Å². The number of fused-ring (bicyclic) bond motifs is 4. The number of nitrogens with zero attached hydrogens (tertiary/aromatic N) is 3. The third-order valence-electron chi connectivity index (χ3n) is 6.83. The Morgan fingerprint density at radius 3 is 2.64 bits per heavy atom. The van der Waals surface area contributed by atoms with Crippen molar-refractivity contribution in [3.63, 3.8) is 0 Å². The maximum absolute atomic E-state index is 12.6. The van der Waals surface area contributed by atoms with Crippen LogP contribution in [0.2, 0.25) is 0 Å². The number of aromatic nitrogens is 1. The zero-order valence-corrected chi connectivity index (χ0v) is 17.2. The molecule has 0 N–H and O–H groups in total. The van der Waals surface area contributed by atoms with Crippen LogP contribution in [0.15, 0.2) is 34.4 Å². The summed E-state index contributed by atoms with van der Waals surface area (Å²) in [6, 6.07) is 8.59. The van der Waals surface area contributed by atoms with Crippen molar-refractivity contribution < 1.29 is 4.79 Å². The van der Waals surface area contributed by atoms with Crippen LogP contribution in [0.5, 0.6) is 0 Å². The lowest BCUT2D eigenvalue weighted by atomic mass is 9.80. The van der Waals surface area contributed by atoms with Gasteiger partial charge in [0.25, 0.3) is 5.56 Å². The molecule has 2 saturated heterocycles. The minimum Gasteiger partial charge on any atom is -0.343 e. The zero-order chi connectivity index (χ0) is 19.3. The standard InChI is InChI=1S/C22H27N3O2S/c1-15(26)23-8-6-18(7-9-23)24-12-16-11-17(14-24)22-19(20-3-2-10-28-20)4-5-21(27)25(22)13-16/h2-5,10,16-18H,6-9,11-14H2,1H3. The average Bonchev–Trinajstić information content (AvgIpc) is 3.23. The second-order valence-corrected chi connectivity index (χ2v) is 9.50. The molecule has 2 unspecified atom stereocenters. The molecule has 2 fully saturated rings. The third kappa shape index (κ3) is 3.12. The summed E-state index contributed by atoms with van der Waals surface area (Å²) in [7, 11) is 0. The highest BCUT2D eigenvalue weighted by Crippen LogP contribution is 2.41. The minimum atomic E-state index is 0.147. The Kier molecular flexibility index (Phi) is 4.63. The summed E-state index contributed by atoms with van der Waals surface area (Å²) in [6.45, 7) is 6.38. The molecule has 3 aliphatic heterocycles. The largest absolute Gasteiger partial charge is 0.343 e. The van der Waals surface area contributed by atoms with Crippen molar-refractivity contribution in [2.45, 2.75) is 44.7 Å². The van der Waals surface area contributed by atoms with Gasteiger partial charge in [0.2, 0.25) is 5.91 Å². The molecular weight excluding hydrogens is 370 g/mol. The first-order valence-electron chi connectivity index (χ1n) is 10.4. The predicted molar refractivity (Wildman–Crippen MR) is 112 cm³/mol. The van der Waals surface area contributed by atoms with E-state index in [1.165, 1.54) is 22.6 Å². The van der Waals surface area contributed by atoms with Gasteiger partial charge in [-0.2, -0.15) is 0 Å². The Labute approximate surface area is 169 Å². The van der Waals surface area contributed by atoms with E-state index in [1.54, 1.807) is 24.3 Å². The molecule has 2 bridgehead atoms. The van der Waals surface area contributed by atoms with Crippen molar-refractivity contribution in [2.75, 3.05) is 26.2 Å². The van der Waals surface area contributed by atoms with Gasteiger partial charge in [0, 0.05) is 73.8 Å². The maximum Gasteiger partial charge on any atom is 0.250 e. The number of carbonyl (C=O) groups is 1. The van der Waals surface area contributed by atoms with E-state index >= 15 is 0 Å². The van der Waals surface area contributed by atoms with E-state index in [4.69, 9.17) is 0 Å². The van der Waals surface area contributed by atoms with Gasteiger partial charge in [0.05, 0.1) is 0 Å². The number of hydrogen-bond donors (Lipinski definition) is 0. The first kappa shape index (κ1) is 18.1. The number of piperidine rings is 2. The van der Waals surface area contributed by atoms with Crippen LogP contribution in [-0.4, -0.2) is 52.5 Å². The number of carbonyl (C=O) groups excluding carboxylic acids is 1. The predicted octanol–water partition coefficient (Wildman–Crippen LogP) is 3.01. The molecular formula is C22H27N3O2S. The third-order valence-corrected chi connectivity index (χ3v) is 7.73. The molecule has 6 heteroatoms. The molecule has 0 aromatic carbocycles. The summed E-state index contributed by atoms with van der Waals surface area (Å²) in [4.78, 5) is 30.2. The van der Waals surface area contributed by atoms with Gasteiger partial charge in [0.15, 0.2) is 0 Å². The molecule has 28 heavy (non-hydrogen) atoms. The molecule has 148 valence electrons.